The Morgan fingerprint density at radius 3 is 2.20 bits per heavy atom. The van der Waals surface area contributed by atoms with E-state index >= 15 is 0 Å². The second-order valence-corrected chi connectivity index (χ2v) is 8.71. The maximum Gasteiger partial charge on any atom is 0.261 e. The highest BCUT2D eigenvalue weighted by molar-refractivity contribution is 5.88. The molecular weight excluding hydrogens is 440 g/mol. The number of methoxy groups -OCH3 is 1. The molecular formula is C29H34N2O4. The predicted octanol–water partition coefficient (Wildman–Crippen LogP) is 4.58. The van der Waals surface area contributed by atoms with Crippen molar-refractivity contribution in [3.05, 3.63) is 95.6 Å². The topological polar surface area (TPSA) is 67.9 Å². The van der Waals surface area contributed by atoms with Gasteiger partial charge in [0, 0.05) is 20.0 Å². The van der Waals surface area contributed by atoms with Gasteiger partial charge in [-0.05, 0) is 46.9 Å². The lowest BCUT2D eigenvalue weighted by Crippen LogP contribution is -2.51. The standard InChI is InChI=1S/C29H34N2O4/c1-21(2)24-13-15-25(16-14-24)35-20-28(32)31(19-23-11-8-12-26(17-23)34-4)27(29(33)30-3)18-22-9-6-5-7-10-22/h5-17,21,27H,18-20H2,1-4H3,(H,30,33)/t27-/m0/s1. The molecule has 6 heteroatoms. The lowest BCUT2D eigenvalue weighted by molar-refractivity contribution is -0.142. The zero-order valence-corrected chi connectivity index (χ0v) is 20.9. The fourth-order valence-electron chi connectivity index (χ4n) is 3.87. The number of ether oxygens (including phenoxy) is 2. The van der Waals surface area contributed by atoms with Crippen molar-refractivity contribution in [1.82, 2.24) is 10.2 Å². The Bertz CT molecular complexity index is 1100. The van der Waals surface area contributed by atoms with Crippen LogP contribution in [0, 0.1) is 0 Å². The molecule has 0 unspecified atom stereocenters. The van der Waals surface area contributed by atoms with Crippen molar-refractivity contribution in [1.29, 1.82) is 0 Å². The third-order valence-electron chi connectivity index (χ3n) is 5.91. The second-order valence-electron chi connectivity index (χ2n) is 8.71. The molecule has 3 aromatic carbocycles. The quantitative estimate of drug-likeness (QED) is 0.442. The van der Waals surface area contributed by atoms with Crippen molar-refractivity contribution in [2.45, 2.75) is 38.8 Å². The van der Waals surface area contributed by atoms with Crippen molar-refractivity contribution >= 4 is 11.8 Å². The monoisotopic (exact) mass is 474 g/mol. The molecule has 0 saturated carbocycles. The van der Waals surface area contributed by atoms with Gasteiger partial charge in [0.15, 0.2) is 6.61 Å². The minimum Gasteiger partial charge on any atom is -0.497 e. The van der Waals surface area contributed by atoms with Crippen LogP contribution in [0.1, 0.15) is 36.5 Å². The van der Waals surface area contributed by atoms with Crippen molar-refractivity contribution in [2.75, 3.05) is 20.8 Å². The van der Waals surface area contributed by atoms with Crippen LogP contribution < -0.4 is 14.8 Å². The zero-order chi connectivity index (χ0) is 25.2. The van der Waals surface area contributed by atoms with Crippen molar-refractivity contribution in [2.24, 2.45) is 0 Å². The molecule has 6 nitrogen and oxygen atoms in total. The molecule has 0 aliphatic heterocycles. The first-order valence-electron chi connectivity index (χ1n) is 11.8. The molecule has 184 valence electrons. The highest BCUT2D eigenvalue weighted by Crippen LogP contribution is 2.21. The normalized spacial score (nSPS) is 11.6. The number of likely N-dealkylation sites (N-methyl/N-ethyl adjacent to an activating group) is 1. The Morgan fingerprint density at radius 2 is 1.57 bits per heavy atom. The van der Waals surface area contributed by atoms with Crippen LogP contribution in [0.2, 0.25) is 0 Å². The van der Waals surface area contributed by atoms with Gasteiger partial charge in [0.05, 0.1) is 7.11 Å². The lowest BCUT2D eigenvalue weighted by Gasteiger charge is -2.31. The minimum absolute atomic E-state index is 0.173. The molecule has 0 bridgehead atoms. The number of amides is 2. The number of carbonyl (C=O) groups is 2. The summed E-state index contributed by atoms with van der Waals surface area (Å²) in [5, 5.41) is 2.72. The summed E-state index contributed by atoms with van der Waals surface area (Å²) >= 11 is 0. The van der Waals surface area contributed by atoms with Gasteiger partial charge in [-0.25, -0.2) is 0 Å². The van der Waals surface area contributed by atoms with E-state index in [4.69, 9.17) is 9.47 Å². The fraction of sp³-hybridized carbons (Fsp3) is 0.310. The zero-order valence-electron chi connectivity index (χ0n) is 20.9. The van der Waals surface area contributed by atoms with Gasteiger partial charge >= 0.3 is 0 Å². The lowest BCUT2D eigenvalue weighted by atomic mass is 10.0. The van der Waals surface area contributed by atoms with Crippen LogP contribution in [0.25, 0.3) is 0 Å². The Morgan fingerprint density at radius 1 is 0.886 bits per heavy atom. The van der Waals surface area contributed by atoms with Gasteiger partial charge in [-0.3, -0.25) is 9.59 Å². The first-order chi connectivity index (χ1) is 16.9. The number of nitrogens with zero attached hydrogens (tertiary/aromatic N) is 1. The van der Waals surface area contributed by atoms with E-state index in [1.54, 1.807) is 19.1 Å². The van der Waals surface area contributed by atoms with E-state index in [1.807, 2.05) is 78.9 Å². The molecule has 1 N–H and O–H groups in total. The molecule has 0 fully saturated rings. The van der Waals surface area contributed by atoms with E-state index < -0.39 is 6.04 Å². The maximum absolute atomic E-state index is 13.5. The van der Waals surface area contributed by atoms with E-state index in [0.717, 1.165) is 11.1 Å². The molecule has 3 aromatic rings. The molecule has 0 heterocycles. The van der Waals surface area contributed by atoms with E-state index in [-0.39, 0.29) is 25.0 Å². The maximum atomic E-state index is 13.5. The van der Waals surface area contributed by atoms with Crippen LogP contribution in [0.15, 0.2) is 78.9 Å². The van der Waals surface area contributed by atoms with E-state index in [9.17, 15) is 9.59 Å². The average Bonchev–Trinajstić information content (AvgIpc) is 2.89. The number of benzene rings is 3. The number of carbonyl (C=O) groups excluding carboxylic acids is 2. The molecule has 0 aliphatic carbocycles. The van der Waals surface area contributed by atoms with Gasteiger partial charge in [0.1, 0.15) is 17.5 Å². The molecule has 3 rings (SSSR count). The Labute approximate surface area is 207 Å². The number of rotatable bonds is 11. The van der Waals surface area contributed by atoms with Gasteiger partial charge < -0.3 is 19.7 Å². The van der Waals surface area contributed by atoms with Crippen molar-refractivity contribution in [3.63, 3.8) is 0 Å². The number of nitrogens with one attached hydrogen (secondary N) is 1. The van der Waals surface area contributed by atoms with Crippen LogP contribution >= 0.6 is 0 Å². The van der Waals surface area contributed by atoms with Crippen LogP contribution in [0.5, 0.6) is 11.5 Å². The molecule has 0 saturated heterocycles. The summed E-state index contributed by atoms with van der Waals surface area (Å²) in [6.07, 6.45) is 0.388. The van der Waals surface area contributed by atoms with Crippen LogP contribution in [-0.4, -0.2) is 43.5 Å². The summed E-state index contributed by atoms with van der Waals surface area (Å²) in [5.41, 5.74) is 3.03. The summed E-state index contributed by atoms with van der Waals surface area (Å²) in [6.45, 7) is 4.33. The third kappa shape index (κ3) is 7.34. The predicted molar refractivity (Wildman–Crippen MR) is 138 cm³/mol. The molecule has 0 radical (unpaired) electrons. The fourth-order valence-corrected chi connectivity index (χ4v) is 3.87. The largest absolute Gasteiger partial charge is 0.497 e. The summed E-state index contributed by atoms with van der Waals surface area (Å²) < 4.78 is 11.2. The average molecular weight is 475 g/mol. The molecule has 0 aliphatic rings. The number of hydrogen-bond donors (Lipinski definition) is 1. The smallest absolute Gasteiger partial charge is 0.261 e. The van der Waals surface area contributed by atoms with E-state index in [1.165, 1.54) is 5.56 Å². The van der Waals surface area contributed by atoms with Crippen LogP contribution in [0.3, 0.4) is 0 Å². The summed E-state index contributed by atoms with van der Waals surface area (Å²) in [7, 11) is 3.18. The van der Waals surface area contributed by atoms with Crippen LogP contribution in [-0.2, 0) is 22.6 Å². The first kappa shape index (κ1) is 25.8. The van der Waals surface area contributed by atoms with Crippen LogP contribution in [0.4, 0.5) is 0 Å². The summed E-state index contributed by atoms with van der Waals surface area (Å²) in [6, 6.07) is 24.2. The van der Waals surface area contributed by atoms with Crippen molar-refractivity contribution in [3.8, 4) is 11.5 Å². The van der Waals surface area contributed by atoms with Gasteiger partial charge in [0.25, 0.3) is 5.91 Å². The Balaban J connectivity index is 1.85. The molecule has 2 amide bonds. The van der Waals surface area contributed by atoms with E-state index in [2.05, 4.69) is 19.2 Å². The molecule has 35 heavy (non-hydrogen) atoms. The Kier molecular flexibility index (Phi) is 9.30. The highest BCUT2D eigenvalue weighted by Gasteiger charge is 2.30. The minimum atomic E-state index is -0.701. The third-order valence-corrected chi connectivity index (χ3v) is 5.91. The summed E-state index contributed by atoms with van der Waals surface area (Å²) in [5.74, 6) is 1.21. The molecule has 0 spiro atoms. The van der Waals surface area contributed by atoms with Gasteiger partial charge in [-0.2, -0.15) is 0 Å². The molecule has 1 atom stereocenters. The SMILES string of the molecule is CNC(=O)[C@H](Cc1ccccc1)N(Cc1cccc(OC)c1)C(=O)COc1ccc(C(C)C)cc1. The molecule has 0 aromatic heterocycles. The summed E-state index contributed by atoms with van der Waals surface area (Å²) in [4.78, 5) is 28.1. The second kappa shape index (κ2) is 12.6. The van der Waals surface area contributed by atoms with Crippen molar-refractivity contribution < 1.29 is 19.1 Å². The highest BCUT2D eigenvalue weighted by atomic mass is 16.5. The Hall–Kier alpha value is -3.80. The number of hydrogen-bond acceptors (Lipinski definition) is 4. The van der Waals surface area contributed by atoms with Gasteiger partial charge in [-0.1, -0.05) is 68.4 Å². The first-order valence-corrected chi connectivity index (χ1v) is 11.8. The van der Waals surface area contributed by atoms with E-state index in [0.29, 0.717) is 23.8 Å². The van der Waals surface area contributed by atoms with Gasteiger partial charge in [-0.15, -0.1) is 0 Å². The van der Waals surface area contributed by atoms with Gasteiger partial charge in [0.2, 0.25) is 5.91 Å².